The Bertz CT molecular complexity index is 413. The summed E-state index contributed by atoms with van der Waals surface area (Å²) in [5, 5.41) is 8.56. The van der Waals surface area contributed by atoms with Gasteiger partial charge in [0.2, 0.25) is 6.79 Å². The molecule has 16 heavy (non-hydrogen) atoms. The Kier molecular flexibility index (Phi) is 2.96. The Labute approximate surface area is 92.5 Å². The van der Waals surface area contributed by atoms with Gasteiger partial charge in [-0.1, -0.05) is 0 Å². The molecule has 0 saturated heterocycles. The molecule has 1 N–H and O–H groups in total. The van der Waals surface area contributed by atoms with E-state index in [1.807, 2.05) is 0 Å². The molecule has 0 unspecified atom stereocenters. The fourth-order valence-electron chi connectivity index (χ4n) is 1.48. The third kappa shape index (κ3) is 1.94. The number of hydrogen-bond acceptors (Lipinski definition) is 5. The molecule has 2 rings (SSSR count). The van der Waals surface area contributed by atoms with E-state index in [4.69, 9.17) is 19.3 Å². The van der Waals surface area contributed by atoms with E-state index < -0.39 is 5.97 Å². The van der Waals surface area contributed by atoms with E-state index in [1.165, 1.54) is 0 Å². The van der Waals surface area contributed by atoms with Gasteiger partial charge >= 0.3 is 5.97 Å². The van der Waals surface area contributed by atoms with Gasteiger partial charge in [0, 0.05) is 0 Å². The summed E-state index contributed by atoms with van der Waals surface area (Å²) in [5.41, 5.74) is 1.19. The smallest absolute Gasteiger partial charge is 0.338 e. The third-order valence-electron chi connectivity index (χ3n) is 2.26. The molecule has 1 aromatic rings. The maximum Gasteiger partial charge on any atom is 0.338 e. The molecule has 0 aromatic heterocycles. The van der Waals surface area contributed by atoms with Crippen molar-refractivity contribution in [2.45, 2.75) is 6.92 Å². The number of aliphatic hydroxyl groups excluding tert-OH is 1. The standard InChI is InChI=1S/C11H12O5/c1-7-4-9-10(16-6-15-9)5-8(7)11(13)14-3-2-12/h4-5,12H,2-3,6H2,1H3. The number of rotatable bonds is 3. The average Bonchev–Trinajstić information content (AvgIpc) is 2.71. The monoisotopic (exact) mass is 224 g/mol. The number of esters is 1. The van der Waals surface area contributed by atoms with Gasteiger partial charge in [-0.3, -0.25) is 0 Å². The number of fused-ring (bicyclic) bond motifs is 1. The number of carbonyl (C=O) groups excluding carboxylic acids is 1. The molecule has 1 heterocycles. The van der Waals surface area contributed by atoms with Gasteiger partial charge in [-0.25, -0.2) is 4.79 Å². The van der Waals surface area contributed by atoms with Gasteiger partial charge in [0.05, 0.1) is 12.2 Å². The number of benzene rings is 1. The van der Waals surface area contributed by atoms with Gasteiger partial charge in [-0.15, -0.1) is 0 Å². The first kappa shape index (κ1) is 10.8. The van der Waals surface area contributed by atoms with Crippen LogP contribution in [0.1, 0.15) is 15.9 Å². The lowest BCUT2D eigenvalue weighted by molar-refractivity contribution is 0.0432. The maximum absolute atomic E-state index is 11.6. The Morgan fingerprint density at radius 1 is 1.44 bits per heavy atom. The topological polar surface area (TPSA) is 65.0 Å². The minimum atomic E-state index is -0.468. The fourth-order valence-corrected chi connectivity index (χ4v) is 1.48. The van der Waals surface area contributed by atoms with E-state index in [9.17, 15) is 4.79 Å². The molecule has 0 spiro atoms. The molecule has 0 saturated carbocycles. The minimum absolute atomic E-state index is 0.00723. The van der Waals surface area contributed by atoms with Crippen molar-refractivity contribution in [1.82, 2.24) is 0 Å². The molecule has 0 bridgehead atoms. The van der Waals surface area contributed by atoms with Crippen molar-refractivity contribution in [2.75, 3.05) is 20.0 Å². The van der Waals surface area contributed by atoms with Crippen molar-refractivity contribution in [3.63, 3.8) is 0 Å². The Morgan fingerprint density at radius 3 is 2.81 bits per heavy atom. The van der Waals surface area contributed by atoms with Crippen LogP contribution in [-0.4, -0.2) is 31.1 Å². The number of carbonyl (C=O) groups is 1. The normalized spacial score (nSPS) is 12.6. The summed E-state index contributed by atoms with van der Waals surface area (Å²) in [6.07, 6.45) is 0. The molecular weight excluding hydrogens is 212 g/mol. The van der Waals surface area contributed by atoms with Gasteiger partial charge < -0.3 is 19.3 Å². The highest BCUT2D eigenvalue weighted by molar-refractivity contribution is 5.92. The quantitative estimate of drug-likeness (QED) is 0.772. The Balaban J connectivity index is 2.24. The number of hydrogen-bond donors (Lipinski definition) is 1. The van der Waals surface area contributed by atoms with E-state index in [-0.39, 0.29) is 20.0 Å². The minimum Gasteiger partial charge on any atom is -0.460 e. The first-order chi connectivity index (χ1) is 7.72. The van der Waals surface area contributed by atoms with E-state index in [2.05, 4.69) is 0 Å². The zero-order chi connectivity index (χ0) is 11.5. The Hall–Kier alpha value is -1.75. The number of aliphatic hydroxyl groups is 1. The second kappa shape index (κ2) is 4.40. The van der Waals surface area contributed by atoms with Gasteiger partial charge in [0.1, 0.15) is 6.61 Å². The molecule has 1 aliphatic heterocycles. The van der Waals surface area contributed by atoms with Crippen LogP contribution in [0, 0.1) is 6.92 Å². The summed E-state index contributed by atoms with van der Waals surface area (Å²) in [5.74, 6) is 0.711. The van der Waals surface area contributed by atoms with Crippen LogP contribution in [0.4, 0.5) is 0 Å². The van der Waals surface area contributed by atoms with Crippen LogP contribution < -0.4 is 9.47 Å². The van der Waals surface area contributed by atoms with Gasteiger partial charge in [-0.05, 0) is 24.6 Å². The van der Waals surface area contributed by atoms with Gasteiger partial charge in [-0.2, -0.15) is 0 Å². The molecule has 0 aliphatic carbocycles. The highest BCUT2D eigenvalue weighted by Crippen LogP contribution is 2.34. The van der Waals surface area contributed by atoms with Crippen LogP contribution in [0.2, 0.25) is 0 Å². The molecule has 86 valence electrons. The summed E-state index contributed by atoms with van der Waals surface area (Å²) >= 11 is 0. The van der Waals surface area contributed by atoms with Crippen molar-refractivity contribution in [1.29, 1.82) is 0 Å². The fraction of sp³-hybridized carbons (Fsp3) is 0.364. The van der Waals surface area contributed by atoms with E-state index in [0.29, 0.717) is 17.1 Å². The second-order valence-electron chi connectivity index (χ2n) is 3.38. The molecule has 0 fully saturated rings. The highest BCUT2D eigenvalue weighted by atomic mass is 16.7. The average molecular weight is 224 g/mol. The summed E-state index contributed by atoms with van der Waals surface area (Å²) in [4.78, 5) is 11.6. The first-order valence-corrected chi connectivity index (χ1v) is 4.90. The first-order valence-electron chi connectivity index (χ1n) is 4.90. The molecule has 1 aromatic carbocycles. The summed E-state index contributed by atoms with van der Waals surface area (Å²) < 4.78 is 15.2. The van der Waals surface area contributed by atoms with Crippen LogP contribution in [0.15, 0.2) is 12.1 Å². The zero-order valence-electron chi connectivity index (χ0n) is 8.86. The molecular formula is C11H12O5. The molecule has 0 atom stereocenters. The maximum atomic E-state index is 11.6. The second-order valence-corrected chi connectivity index (χ2v) is 3.38. The van der Waals surface area contributed by atoms with E-state index in [1.54, 1.807) is 19.1 Å². The molecule has 5 nitrogen and oxygen atoms in total. The summed E-state index contributed by atoms with van der Waals surface area (Å²) in [6, 6.07) is 3.33. The number of ether oxygens (including phenoxy) is 3. The van der Waals surface area contributed by atoms with Crippen molar-refractivity contribution < 1.29 is 24.1 Å². The SMILES string of the molecule is Cc1cc2c(cc1C(=O)OCCO)OCO2. The molecule has 0 amide bonds. The lowest BCUT2D eigenvalue weighted by Gasteiger charge is -2.07. The molecule has 0 radical (unpaired) electrons. The largest absolute Gasteiger partial charge is 0.460 e. The van der Waals surface area contributed by atoms with Crippen LogP contribution in [0.25, 0.3) is 0 Å². The lowest BCUT2D eigenvalue weighted by atomic mass is 10.1. The molecule has 5 heteroatoms. The lowest BCUT2D eigenvalue weighted by Crippen LogP contribution is -2.10. The van der Waals surface area contributed by atoms with Crippen molar-refractivity contribution in [3.05, 3.63) is 23.3 Å². The van der Waals surface area contributed by atoms with Gasteiger partial charge in [0.15, 0.2) is 11.5 Å². The predicted octanol–water partition coefficient (Wildman–Crippen LogP) is 0.873. The van der Waals surface area contributed by atoms with Crippen LogP contribution in [0.3, 0.4) is 0 Å². The highest BCUT2D eigenvalue weighted by Gasteiger charge is 2.19. The van der Waals surface area contributed by atoms with Gasteiger partial charge in [0.25, 0.3) is 0 Å². The Morgan fingerprint density at radius 2 is 2.12 bits per heavy atom. The van der Waals surface area contributed by atoms with Crippen molar-refractivity contribution >= 4 is 5.97 Å². The number of aryl methyl sites for hydroxylation is 1. The molecule has 1 aliphatic rings. The van der Waals surface area contributed by atoms with E-state index in [0.717, 1.165) is 5.56 Å². The third-order valence-corrected chi connectivity index (χ3v) is 2.26. The predicted molar refractivity (Wildman–Crippen MR) is 54.7 cm³/mol. The van der Waals surface area contributed by atoms with E-state index >= 15 is 0 Å². The summed E-state index contributed by atoms with van der Waals surface area (Å²) in [6.45, 7) is 1.77. The summed E-state index contributed by atoms with van der Waals surface area (Å²) in [7, 11) is 0. The van der Waals surface area contributed by atoms with Crippen LogP contribution >= 0.6 is 0 Å². The zero-order valence-corrected chi connectivity index (χ0v) is 8.86. The van der Waals surface area contributed by atoms with Crippen molar-refractivity contribution in [2.24, 2.45) is 0 Å². The van der Waals surface area contributed by atoms with Crippen LogP contribution in [0.5, 0.6) is 11.5 Å². The van der Waals surface area contributed by atoms with Crippen molar-refractivity contribution in [3.8, 4) is 11.5 Å². The van der Waals surface area contributed by atoms with Crippen LogP contribution in [-0.2, 0) is 4.74 Å².